The average molecular weight is 1960 g/mol. The van der Waals surface area contributed by atoms with Gasteiger partial charge < -0.3 is 64.8 Å². The minimum Gasteiger partial charge on any atom is -0.508 e. The van der Waals surface area contributed by atoms with E-state index in [0.29, 0.717) is 103 Å². The summed E-state index contributed by atoms with van der Waals surface area (Å²) in [6.07, 6.45) is 16.3. The van der Waals surface area contributed by atoms with Crippen LogP contribution in [0.2, 0.25) is 5.02 Å². The number of morpholine rings is 1. The van der Waals surface area contributed by atoms with Crippen LogP contribution in [0, 0.1) is 27.7 Å². The van der Waals surface area contributed by atoms with Crippen LogP contribution in [0.4, 0.5) is 0 Å². The second kappa shape index (κ2) is 50.1. The van der Waals surface area contributed by atoms with E-state index in [-0.39, 0.29) is 77.1 Å². The fourth-order valence-corrected chi connectivity index (χ4v) is 19.7. The number of hydrogen-bond donors (Lipinski definition) is 7. The number of likely N-dealkylation sites (tertiary alicyclic amines) is 1. The minimum absolute atomic E-state index is 0.0224. The van der Waals surface area contributed by atoms with E-state index in [9.17, 15) is 59.7 Å². The number of Topliss-reactive ketones (excluding diaryl/α,β-unsaturated/α-hetero) is 2. The smallest absolute Gasteiger partial charge is 0.254 e. The number of phenols is 7. The van der Waals surface area contributed by atoms with Crippen molar-refractivity contribution < 1.29 is 69.2 Å². The number of hydrogen-bond acceptors (Lipinski definition) is 17. The molecule has 0 aromatic heterocycles. The molecule has 3 amide bonds. The first kappa shape index (κ1) is 104. The van der Waals surface area contributed by atoms with Gasteiger partial charge in [0, 0.05) is 99.8 Å². The molecular weight excluding hydrogens is 1840 g/mol. The zero-order valence-electron chi connectivity index (χ0n) is 81.5. The maximum absolute atomic E-state index is 13.5. The third kappa shape index (κ3) is 28.4. The van der Waals surface area contributed by atoms with Gasteiger partial charge in [-0.2, -0.15) is 0 Å². The van der Waals surface area contributed by atoms with E-state index in [2.05, 4.69) is 122 Å². The van der Waals surface area contributed by atoms with Crippen LogP contribution in [0.15, 0.2) is 278 Å². The number of rotatable bonds is 27. The lowest BCUT2D eigenvalue weighted by Crippen LogP contribution is -2.51. The summed E-state index contributed by atoms with van der Waals surface area (Å²) in [6, 6.07) is 85.2. The fourth-order valence-electron chi connectivity index (χ4n) is 18.8. The largest absolute Gasteiger partial charge is 0.508 e. The predicted molar refractivity (Wildman–Crippen MR) is 569 cm³/mol. The molecule has 2 unspecified atom stereocenters. The molecule has 3 fully saturated rings. The van der Waals surface area contributed by atoms with E-state index in [4.69, 9.17) is 45.5 Å². The number of aryl methyl sites for hydroxylation is 8. The third-order valence-corrected chi connectivity index (χ3v) is 28.2. The third-order valence-electron chi connectivity index (χ3n) is 27.1. The van der Waals surface area contributed by atoms with Crippen molar-refractivity contribution in [2.75, 3.05) is 72.2 Å². The lowest BCUT2D eigenvalue weighted by molar-refractivity contribution is -0.132. The Balaban J connectivity index is 0.000000143. The number of benzene rings is 12. The molecule has 12 aromatic rings. The average Bonchev–Trinajstić information content (AvgIpc) is 1.46. The van der Waals surface area contributed by atoms with E-state index in [1.54, 1.807) is 64.4 Å². The van der Waals surface area contributed by atoms with Crippen molar-refractivity contribution in [2.45, 2.75) is 162 Å². The number of halogens is 1. The van der Waals surface area contributed by atoms with Crippen molar-refractivity contribution in [2.24, 2.45) is 0 Å². The lowest BCUT2D eigenvalue weighted by atomic mass is 9.76. The second-order valence-corrected chi connectivity index (χ2v) is 38.8. The van der Waals surface area contributed by atoms with Crippen molar-refractivity contribution >= 4 is 87.6 Å². The number of fused-ring (bicyclic) bond motifs is 4. The molecule has 23 heteroatoms. The van der Waals surface area contributed by atoms with Gasteiger partial charge in [0.15, 0.2) is 45.4 Å². The summed E-state index contributed by atoms with van der Waals surface area (Å²) in [6.45, 7) is 18.7. The number of carbonyl (C=O) groups is 5. The van der Waals surface area contributed by atoms with Crippen LogP contribution in [-0.4, -0.2) is 183 Å². The molecule has 0 aliphatic carbocycles. The summed E-state index contributed by atoms with van der Waals surface area (Å²) < 4.78 is 11.3. The summed E-state index contributed by atoms with van der Waals surface area (Å²) in [5.41, 5.74) is 21.0. The molecule has 2 atom stereocenters. The minimum atomic E-state index is -0.499. The quantitative estimate of drug-likeness (QED) is 0.0143. The number of thiocarbonyl (C=S) groups is 2. The SMILES string of the molecule is Cc1cc2c(cc1O)CN1C(=S)N(CCc3ccc(Cl)cc3)C(=O)C1C2.Cc1ccc(CCCC(=O)CCCc2ccc(O)c(O)c2)cc1.Cc1ccc(CCCC(=O)N2CCc3cc(O)c(O)cc3C2)cc1.Cc1ccc(CCCC(=S)N2CCc3cc(O)c(O)cc3C2(C)c2ccccc2)cc1.O=C1/C(=C/c2ccccc2)CN(C(=O)c2ccc(OCCN3CCOCC3)cc2)C/C1=C\c1ccccc1. The summed E-state index contributed by atoms with van der Waals surface area (Å²) in [5, 5.41) is 69.5. The number of aromatic hydroxyl groups is 7. The van der Waals surface area contributed by atoms with Crippen molar-refractivity contribution in [3.63, 3.8) is 0 Å². The number of piperidine rings is 1. The van der Waals surface area contributed by atoms with Crippen LogP contribution in [0.5, 0.6) is 46.0 Å². The van der Waals surface area contributed by atoms with Gasteiger partial charge in [0.05, 0.1) is 36.8 Å². The van der Waals surface area contributed by atoms with Gasteiger partial charge in [-0.25, -0.2) is 0 Å². The molecule has 20 nitrogen and oxygen atoms in total. The van der Waals surface area contributed by atoms with Gasteiger partial charge in [-0.15, -0.1) is 0 Å². The number of ketones is 2. The van der Waals surface area contributed by atoms with Crippen LogP contribution < -0.4 is 4.74 Å². The Morgan fingerprint density at radius 3 is 1.51 bits per heavy atom. The highest BCUT2D eigenvalue weighted by atomic mass is 35.5. The monoisotopic (exact) mass is 1960 g/mol. The molecule has 3 saturated heterocycles. The summed E-state index contributed by atoms with van der Waals surface area (Å²) in [4.78, 5) is 77.0. The van der Waals surface area contributed by atoms with Crippen molar-refractivity contribution in [1.82, 2.24) is 29.4 Å². The van der Waals surface area contributed by atoms with Crippen LogP contribution in [0.3, 0.4) is 0 Å². The molecule has 0 bridgehead atoms. The van der Waals surface area contributed by atoms with E-state index >= 15 is 0 Å². The van der Waals surface area contributed by atoms with Gasteiger partial charge in [0.1, 0.15) is 29.9 Å². The van der Waals surface area contributed by atoms with Gasteiger partial charge >= 0.3 is 0 Å². The Bertz CT molecular complexity index is 6330. The molecule has 12 aromatic carbocycles. The highest BCUT2D eigenvalue weighted by Gasteiger charge is 2.46. The van der Waals surface area contributed by atoms with Crippen LogP contribution in [0.25, 0.3) is 12.2 Å². The molecule has 0 spiro atoms. The van der Waals surface area contributed by atoms with Crippen molar-refractivity contribution in [1.29, 1.82) is 0 Å². The van der Waals surface area contributed by atoms with Gasteiger partial charge in [0.25, 0.3) is 11.8 Å². The Hall–Kier alpha value is -13.7. The number of nitrogens with zero attached hydrogens (tertiary/aromatic N) is 6. The lowest BCUT2D eigenvalue weighted by Gasteiger charge is -2.48. The summed E-state index contributed by atoms with van der Waals surface area (Å²) in [5.74, 6) is 0.816. The topological polar surface area (TPSA) is 265 Å². The van der Waals surface area contributed by atoms with E-state index in [0.717, 1.165) is 188 Å². The second-order valence-electron chi connectivity index (χ2n) is 37.5. The molecule has 7 N–H and O–H groups in total. The Morgan fingerprint density at radius 2 is 0.944 bits per heavy atom. The van der Waals surface area contributed by atoms with E-state index in [1.165, 1.54) is 39.4 Å². The van der Waals surface area contributed by atoms with Crippen molar-refractivity contribution in [3.05, 3.63) is 389 Å². The van der Waals surface area contributed by atoms with E-state index in [1.807, 2.05) is 150 Å². The van der Waals surface area contributed by atoms with E-state index < -0.39 is 5.54 Å². The Kier molecular flexibility index (Phi) is 36.7. The Labute approximate surface area is 849 Å². The molecule has 0 saturated carbocycles. The standard InChI is InChI=1S/C32H32N2O4.C27H29NO2S.C20H19ClN2O2S.C20H23NO3.C20H24O3/c35-31-28(21-25-7-3-1-4-8-25)23-34(24-29(31)22-26-9-5-2-6-10-26)32(36)27-11-13-30(14-12-27)38-20-17-33-15-18-37-19-16-33;1-19-11-13-20(14-12-19)7-6-10-26(31)28-16-15-21-17-24(29)25(30)18-23(21)27(28,2)22-8-4-3-5-9-22;1-12-8-14-9-17-19(25)22(7-6-13-2-4-16(21)5-3-13)20(26)23(17)11-15(14)10-18(12)24;1-14-5-7-15(8-6-14)3-2-4-20(24)21-10-9-16-11-18(22)19(23)12-17(16)13-21;1-15-8-10-16(11-9-15)4-2-6-18(21)7-3-5-17-12-13-19(22)20(23)14-17/h1-14,21-22H,15-20,23-24H2;3-5,8-9,11-14,17-18,29-30H,6-7,10,15-16H2,1-2H3;2-5,8,10,17,24H,6-7,9,11H2,1H3;5-8,11-12,22-23H,2-4,9-10,13H2,1H3;8-14,22-23H,2-7H2,1H3/b28-21+,29-22+;;;;. The molecular formula is C119H127ClN6O14S2. The molecule has 6 aliphatic rings. The molecule has 0 radical (unpaired) electrons. The van der Waals surface area contributed by atoms with Gasteiger partial charge in [-0.05, 0) is 298 Å². The number of ether oxygens (including phenoxy) is 2. The number of amides is 3. The van der Waals surface area contributed by atoms with Crippen molar-refractivity contribution in [3.8, 4) is 46.0 Å². The zero-order valence-corrected chi connectivity index (χ0v) is 83.9. The number of carbonyl (C=O) groups excluding carboxylic acids is 5. The van der Waals surface area contributed by atoms with Gasteiger partial charge in [-0.3, -0.25) is 33.8 Å². The molecule has 142 heavy (non-hydrogen) atoms. The summed E-state index contributed by atoms with van der Waals surface area (Å²) >= 11 is 17.5. The molecule has 6 aliphatic heterocycles. The predicted octanol–water partition coefficient (Wildman–Crippen LogP) is 21.6. The first-order valence-corrected chi connectivity index (χ1v) is 50.2. The summed E-state index contributed by atoms with van der Waals surface area (Å²) in [7, 11) is 0. The molecule has 18 rings (SSSR count). The maximum atomic E-state index is 13.5. The van der Waals surface area contributed by atoms with Crippen LogP contribution >= 0.6 is 36.0 Å². The highest BCUT2D eigenvalue weighted by molar-refractivity contribution is 7.80. The fraction of sp³-hybridized carbons (Fsp3) is 0.303. The molecule has 736 valence electrons. The maximum Gasteiger partial charge on any atom is 0.254 e. The first-order valence-electron chi connectivity index (χ1n) is 49.0. The Morgan fingerprint density at radius 1 is 0.465 bits per heavy atom. The van der Waals surface area contributed by atoms with Crippen LogP contribution in [-0.2, 0) is 93.9 Å². The first-order chi connectivity index (χ1) is 68.5. The number of phenolic OH excluding ortho intramolecular Hbond substituents is 7. The highest BCUT2D eigenvalue weighted by Crippen LogP contribution is 2.46. The normalized spacial score (nSPS) is 16.4. The van der Waals surface area contributed by atoms with Gasteiger partial charge in [-0.1, -0.05) is 229 Å². The molecule has 6 heterocycles. The zero-order chi connectivity index (χ0) is 100. The van der Waals surface area contributed by atoms with Gasteiger partial charge in [0.2, 0.25) is 5.91 Å². The van der Waals surface area contributed by atoms with Crippen LogP contribution in [0.1, 0.15) is 169 Å².